The second-order valence-electron chi connectivity index (χ2n) is 5.37. The number of benzene rings is 1. The van der Waals surface area contributed by atoms with Crippen molar-refractivity contribution in [3.05, 3.63) is 34.9 Å². The Bertz CT molecular complexity index is 418. The molecule has 1 atom stereocenters. The molecule has 1 unspecified atom stereocenters. The smallest absolute Gasteiger partial charge is 0.234 e. The van der Waals surface area contributed by atoms with Crippen LogP contribution in [-0.4, -0.2) is 18.5 Å². The van der Waals surface area contributed by atoms with Crippen LogP contribution < -0.4 is 10.6 Å². The summed E-state index contributed by atoms with van der Waals surface area (Å²) in [7, 11) is 0. The number of rotatable bonds is 5. The molecule has 0 radical (unpaired) electrons. The highest BCUT2D eigenvalue weighted by atomic mass is 16.2. The fourth-order valence-electron chi connectivity index (χ4n) is 2.13. The minimum absolute atomic E-state index is 0.105. The minimum Gasteiger partial charge on any atom is -0.352 e. The van der Waals surface area contributed by atoms with Crippen LogP contribution in [0.25, 0.3) is 0 Å². The summed E-state index contributed by atoms with van der Waals surface area (Å²) in [4.78, 5) is 11.6. The van der Waals surface area contributed by atoms with Crippen molar-refractivity contribution in [3.63, 3.8) is 0 Å². The Kier molecular flexibility index (Phi) is 4.02. The van der Waals surface area contributed by atoms with Gasteiger partial charge in [-0.1, -0.05) is 29.3 Å². The molecule has 1 aliphatic rings. The Morgan fingerprint density at radius 3 is 2.44 bits per heavy atom. The van der Waals surface area contributed by atoms with Gasteiger partial charge in [-0.2, -0.15) is 0 Å². The first-order valence-electron chi connectivity index (χ1n) is 6.65. The van der Waals surface area contributed by atoms with Crippen LogP contribution in [0.15, 0.2) is 18.2 Å². The molecule has 0 spiro atoms. The van der Waals surface area contributed by atoms with Gasteiger partial charge in [-0.3, -0.25) is 4.79 Å². The summed E-state index contributed by atoms with van der Waals surface area (Å²) in [6.07, 6.45) is 2.27. The topological polar surface area (TPSA) is 41.1 Å². The molecule has 98 valence electrons. The molecule has 1 aromatic carbocycles. The monoisotopic (exact) mass is 246 g/mol. The van der Waals surface area contributed by atoms with E-state index in [9.17, 15) is 4.79 Å². The van der Waals surface area contributed by atoms with Crippen LogP contribution in [0, 0.1) is 13.8 Å². The summed E-state index contributed by atoms with van der Waals surface area (Å²) >= 11 is 0. The maximum Gasteiger partial charge on any atom is 0.234 e. The molecule has 18 heavy (non-hydrogen) atoms. The van der Waals surface area contributed by atoms with Crippen molar-refractivity contribution in [2.45, 2.75) is 45.7 Å². The van der Waals surface area contributed by atoms with Gasteiger partial charge in [-0.05, 0) is 39.2 Å². The molecule has 1 amide bonds. The molecule has 3 heteroatoms. The van der Waals surface area contributed by atoms with Crippen LogP contribution in [0.3, 0.4) is 0 Å². The van der Waals surface area contributed by atoms with Crippen molar-refractivity contribution in [2.24, 2.45) is 0 Å². The highest BCUT2D eigenvalue weighted by Crippen LogP contribution is 2.18. The van der Waals surface area contributed by atoms with Gasteiger partial charge in [0, 0.05) is 12.1 Å². The largest absolute Gasteiger partial charge is 0.352 e. The fourth-order valence-corrected chi connectivity index (χ4v) is 2.13. The van der Waals surface area contributed by atoms with E-state index < -0.39 is 0 Å². The van der Waals surface area contributed by atoms with E-state index >= 15 is 0 Å². The van der Waals surface area contributed by atoms with Crippen molar-refractivity contribution in [3.8, 4) is 0 Å². The summed E-state index contributed by atoms with van der Waals surface area (Å²) in [6, 6.07) is 7.15. The lowest BCUT2D eigenvalue weighted by molar-refractivity contribution is -0.120. The van der Waals surface area contributed by atoms with Crippen LogP contribution in [0.1, 0.15) is 42.5 Å². The predicted molar refractivity (Wildman–Crippen MR) is 73.5 cm³/mol. The Morgan fingerprint density at radius 2 is 1.89 bits per heavy atom. The van der Waals surface area contributed by atoms with Crippen LogP contribution in [0.5, 0.6) is 0 Å². The summed E-state index contributed by atoms with van der Waals surface area (Å²) < 4.78 is 0. The molecule has 0 bridgehead atoms. The first kappa shape index (κ1) is 13.1. The van der Waals surface area contributed by atoms with Gasteiger partial charge >= 0.3 is 0 Å². The first-order valence-corrected chi connectivity index (χ1v) is 6.65. The Morgan fingerprint density at radius 1 is 1.28 bits per heavy atom. The molecule has 2 rings (SSSR count). The van der Waals surface area contributed by atoms with Crippen molar-refractivity contribution in [1.82, 2.24) is 10.6 Å². The van der Waals surface area contributed by atoms with Gasteiger partial charge in [-0.15, -0.1) is 0 Å². The van der Waals surface area contributed by atoms with E-state index in [1.807, 2.05) is 0 Å². The molecule has 1 aliphatic carbocycles. The zero-order chi connectivity index (χ0) is 13.1. The van der Waals surface area contributed by atoms with E-state index in [0.717, 1.165) is 12.8 Å². The molecule has 1 saturated carbocycles. The van der Waals surface area contributed by atoms with Crippen molar-refractivity contribution in [2.75, 3.05) is 6.54 Å². The standard InChI is InChI=1S/C15H22N2O/c1-10-6-11(2)8-13(7-10)12(3)16-9-15(18)17-14-4-5-14/h6-8,12,14,16H,4-5,9H2,1-3H3,(H,17,18). The zero-order valence-electron chi connectivity index (χ0n) is 11.4. The normalized spacial score (nSPS) is 16.4. The third-order valence-electron chi connectivity index (χ3n) is 3.26. The number of amides is 1. The molecule has 0 heterocycles. The molecule has 0 saturated heterocycles. The maximum absolute atomic E-state index is 11.6. The van der Waals surface area contributed by atoms with E-state index in [1.165, 1.54) is 16.7 Å². The van der Waals surface area contributed by atoms with Crippen LogP contribution in [0.4, 0.5) is 0 Å². The van der Waals surface area contributed by atoms with E-state index in [-0.39, 0.29) is 11.9 Å². The third kappa shape index (κ3) is 3.84. The number of nitrogens with one attached hydrogen (secondary N) is 2. The Hall–Kier alpha value is -1.35. The van der Waals surface area contributed by atoms with Gasteiger partial charge < -0.3 is 10.6 Å². The van der Waals surface area contributed by atoms with E-state index in [1.54, 1.807) is 0 Å². The number of hydrogen-bond donors (Lipinski definition) is 2. The molecule has 1 fully saturated rings. The molecule has 0 aliphatic heterocycles. The van der Waals surface area contributed by atoms with Crippen LogP contribution in [-0.2, 0) is 4.79 Å². The lowest BCUT2D eigenvalue weighted by atomic mass is 10.0. The van der Waals surface area contributed by atoms with E-state index in [2.05, 4.69) is 49.6 Å². The fraction of sp³-hybridized carbons (Fsp3) is 0.533. The third-order valence-corrected chi connectivity index (χ3v) is 3.26. The van der Waals surface area contributed by atoms with Crippen molar-refractivity contribution >= 4 is 5.91 Å². The number of hydrogen-bond acceptors (Lipinski definition) is 2. The lowest BCUT2D eigenvalue weighted by Gasteiger charge is -2.15. The van der Waals surface area contributed by atoms with Crippen molar-refractivity contribution < 1.29 is 4.79 Å². The Labute approximate surface area is 109 Å². The first-order chi connectivity index (χ1) is 8.54. The molecule has 2 N–H and O–H groups in total. The van der Waals surface area contributed by atoms with Gasteiger partial charge in [0.2, 0.25) is 5.91 Å². The summed E-state index contributed by atoms with van der Waals surface area (Å²) in [6.45, 7) is 6.69. The molecular formula is C15H22N2O. The van der Waals surface area contributed by atoms with Crippen LogP contribution >= 0.6 is 0 Å². The Balaban J connectivity index is 1.86. The minimum atomic E-state index is 0.105. The van der Waals surface area contributed by atoms with E-state index in [0.29, 0.717) is 12.6 Å². The molecule has 0 aromatic heterocycles. The number of aryl methyl sites for hydroxylation is 2. The lowest BCUT2D eigenvalue weighted by Crippen LogP contribution is -2.36. The summed E-state index contributed by atoms with van der Waals surface area (Å²) in [5.74, 6) is 0.105. The average molecular weight is 246 g/mol. The summed E-state index contributed by atoms with van der Waals surface area (Å²) in [5, 5.41) is 6.26. The van der Waals surface area contributed by atoms with Gasteiger partial charge in [0.25, 0.3) is 0 Å². The SMILES string of the molecule is Cc1cc(C)cc(C(C)NCC(=O)NC2CC2)c1. The predicted octanol–water partition coefficient (Wildman–Crippen LogP) is 2.23. The van der Waals surface area contributed by atoms with Gasteiger partial charge in [0.15, 0.2) is 0 Å². The summed E-state index contributed by atoms with van der Waals surface area (Å²) in [5.41, 5.74) is 3.77. The second-order valence-corrected chi connectivity index (χ2v) is 5.37. The second kappa shape index (κ2) is 5.53. The number of carbonyl (C=O) groups excluding carboxylic acids is 1. The average Bonchev–Trinajstić information content (AvgIpc) is 3.08. The molecule has 3 nitrogen and oxygen atoms in total. The van der Waals surface area contributed by atoms with Gasteiger partial charge in [0.05, 0.1) is 6.54 Å². The highest BCUT2D eigenvalue weighted by molar-refractivity contribution is 5.78. The highest BCUT2D eigenvalue weighted by Gasteiger charge is 2.23. The van der Waals surface area contributed by atoms with Crippen molar-refractivity contribution in [1.29, 1.82) is 0 Å². The number of carbonyl (C=O) groups is 1. The van der Waals surface area contributed by atoms with Crippen LogP contribution in [0.2, 0.25) is 0 Å². The van der Waals surface area contributed by atoms with E-state index in [4.69, 9.17) is 0 Å². The quantitative estimate of drug-likeness (QED) is 0.836. The maximum atomic E-state index is 11.6. The molecule has 1 aromatic rings. The van der Waals surface area contributed by atoms with Gasteiger partial charge in [-0.25, -0.2) is 0 Å². The molecular weight excluding hydrogens is 224 g/mol. The zero-order valence-corrected chi connectivity index (χ0v) is 11.4. The van der Waals surface area contributed by atoms with Gasteiger partial charge in [0.1, 0.15) is 0 Å².